The minimum atomic E-state index is -0.548. The predicted molar refractivity (Wildman–Crippen MR) is 67.7 cm³/mol. The van der Waals surface area contributed by atoms with Crippen LogP contribution in [0.2, 0.25) is 0 Å². The van der Waals surface area contributed by atoms with Crippen LogP contribution in [0, 0.1) is 0 Å². The smallest absolute Gasteiger partial charge is 0.260 e. The zero-order valence-corrected chi connectivity index (χ0v) is 10.6. The topological polar surface area (TPSA) is 55.4 Å². The van der Waals surface area contributed by atoms with Gasteiger partial charge in [0.15, 0.2) is 11.9 Å². The molecule has 0 radical (unpaired) electrons. The van der Waals surface area contributed by atoms with Crippen LogP contribution >= 0.6 is 0 Å². The number of hydrogen-bond donors (Lipinski definition) is 1. The van der Waals surface area contributed by atoms with E-state index in [0.717, 1.165) is 12.8 Å². The van der Waals surface area contributed by atoms with Gasteiger partial charge in [0.05, 0.1) is 0 Å². The second kappa shape index (κ2) is 5.21. The first kappa shape index (κ1) is 12.6. The number of Topliss-reactive ketones (excluding diaryl/α,β-unsaturated/α-hetero) is 1. The molecule has 1 N–H and O–H groups in total. The maximum Gasteiger partial charge on any atom is 0.260 e. The van der Waals surface area contributed by atoms with Gasteiger partial charge < -0.3 is 10.1 Å². The van der Waals surface area contributed by atoms with Gasteiger partial charge in [0.1, 0.15) is 5.75 Å². The molecule has 0 spiro atoms. The third kappa shape index (κ3) is 3.32. The summed E-state index contributed by atoms with van der Waals surface area (Å²) in [7, 11) is 0. The van der Waals surface area contributed by atoms with Gasteiger partial charge in [0.2, 0.25) is 0 Å². The minimum absolute atomic E-state index is 0.0180. The van der Waals surface area contributed by atoms with Crippen molar-refractivity contribution in [1.29, 1.82) is 0 Å². The van der Waals surface area contributed by atoms with Gasteiger partial charge in [0, 0.05) is 11.6 Å². The molecule has 1 saturated carbocycles. The Morgan fingerprint density at radius 2 is 2.11 bits per heavy atom. The highest BCUT2D eigenvalue weighted by Crippen LogP contribution is 2.20. The van der Waals surface area contributed by atoms with Crippen LogP contribution in [0.25, 0.3) is 0 Å². The van der Waals surface area contributed by atoms with Gasteiger partial charge in [-0.1, -0.05) is 12.1 Å². The summed E-state index contributed by atoms with van der Waals surface area (Å²) in [6, 6.07) is 7.20. The van der Waals surface area contributed by atoms with Gasteiger partial charge in [-0.3, -0.25) is 9.59 Å². The number of benzene rings is 1. The molecule has 2 rings (SSSR count). The summed E-state index contributed by atoms with van der Waals surface area (Å²) in [5, 5.41) is 2.88. The Labute approximate surface area is 106 Å². The van der Waals surface area contributed by atoms with Gasteiger partial charge in [-0.2, -0.15) is 0 Å². The summed E-state index contributed by atoms with van der Waals surface area (Å²) >= 11 is 0. The van der Waals surface area contributed by atoms with E-state index in [-0.39, 0.29) is 11.7 Å². The maximum atomic E-state index is 11.7. The van der Waals surface area contributed by atoms with Crippen molar-refractivity contribution in [2.24, 2.45) is 0 Å². The Hall–Kier alpha value is -1.84. The van der Waals surface area contributed by atoms with Gasteiger partial charge in [-0.15, -0.1) is 0 Å². The average Bonchev–Trinajstić information content (AvgIpc) is 3.13. The molecule has 1 fully saturated rings. The van der Waals surface area contributed by atoms with E-state index in [1.165, 1.54) is 6.92 Å². The van der Waals surface area contributed by atoms with E-state index >= 15 is 0 Å². The minimum Gasteiger partial charge on any atom is -0.481 e. The number of ether oxygens (including phenoxy) is 1. The first-order chi connectivity index (χ1) is 8.56. The van der Waals surface area contributed by atoms with Crippen LogP contribution in [-0.2, 0) is 4.79 Å². The number of carbonyl (C=O) groups is 2. The molecule has 4 nitrogen and oxygen atoms in total. The Bertz CT molecular complexity index is 466. The summed E-state index contributed by atoms with van der Waals surface area (Å²) in [6.07, 6.45) is 1.56. The molecule has 1 aliphatic rings. The molecule has 0 unspecified atom stereocenters. The standard InChI is InChI=1S/C14H17NO3/c1-9(16)11-4-3-5-13(8-11)18-10(2)14(17)15-12-6-7-12/h3-5,8,10,12H,6-7H2,1-2H3,(H,15,17)/t10-/m0/s1. The van der Waals surface area contributed by atoms with Crippen molar-refractivity contribution in [3.8, 4) is 5.75 Å². The van der Waals surface area contributed by atoms with Crippen molar-refractivity contribution in [3.05, 3.63) is 29.8 Å². The molecular weight excluding hydrogens is 230 g/mol. The third-order valence-corrected chi connectivity index (χ3v) is 2.85. The van der Waals surface area contributed by atoms with E-state index in [2.05, 4.69) is 5.32 Å². The first-order valence-electron chi connectivity index (χ1n) is 6.14. The molecule has 0 heterocycles. The summed E-state index contributed by atoms with van der Waals surface area (Å²) in [6.45, 7) is 3.21. The fourth-order valence-electron chi connectivity index (χ4n) is 1.59. The predicted octanol–water partition coefficient (Wildman–Crippen LogP) is 1.94. The van der Waals surface area contributed by atoms with E-state index < -0.39 is 6.10 Å². The van der Waals surface area contributed by atoms with Crippen LogP contribution in [0.15, 0.2) is 24.3 Å². The van der Waals surface area contributed by atoms with E-state index in [4.69, 9.17) is 4.74 Å². The molecule has 1 atom stereocenters. The van der Waals surface area contributed by atoms with Crippen LogP contribution in [0.5, 0.6) is 5.75 Å². The summed E-state index contributed by atoms with van der Waals surface area (Å²) in [5.74, 6) is 0.419. The maximum absolute atomic E-state index is 11.7. The van der Waals surface area contributed by atoms with Gasteiger partial charge in [-0.25, -0.2) is 0 Å². The highest BCUT2D eigenvalue weighted by molar-refractivity contribution is 5.94. The number of carbonyl (C=O) groups excluding carboxylic acids is 2. The van der Waals surface area contributed by atoms with E-state index in [1.807, 2.05) is 0 Å². The molecule has 1 aliphatic carbocycles. The van der Waals surface area contributed by atoms with E-state index in [0.29, 0.717) is 17.4 Å². The summed E-state index contributed by atoms with van der Waals surface area (Å²) < 4.78 is 5.53. The van der Waals surface area contributed by atoms with Crippen LogP contribution < -0.4 is 10.1 Å². The zero-order valence-electron chi connectivity index (χ0n) is 10.6. The molecule has 0 aromatic heterocycles. The zero-order chi connectivity index (χ0) is 13.1. The Balaban J connectivity index is 1.96. The second-order valence-corrected chi connectivity index (χ2v) is 4.63. The normalized spacial score (nSPS) is 15.9. The number of amides is 1. The van der Waals surface area contributed by atoms with Crippen molar-refractivity contribution in [2.75, 3.05) is 0 Å². The molecule has 1 amide bonds. The lowest BCUT2D eigenvalue weighted by atomic mass is 10.1. The quantitative estimate of drug-likeness (QED) is 0.809. The van der Waals surface area contributed by atoms with Crippen molar-refractivity contribution in [2.45, 2.75) is 38.8 Å². The number of nitrogens with one attached hydrogen (secondary N) is 1. The fraction of sp³-hybridized carbons (Fsp3) is 0.429. The highest BCUT2D eigenvalue weighted by Gasteiger charge is 2.26. The Morgan fingerprint density at radius 3 is 2.72 bits per heavy atom. The largest absolute Gasteiger partial charge is 0.481 e. The van der Waals surface area contributed by atoms with Crippen molar-refractivity contribution >= 4 is 11.7 Å². The molecule has 1 aromatic carbocycles. The number of hydrogen-bond acceptors (Lipinski definition) is 3. The van der Waals surface area contributed by atoms with Gasteiger partial charge >= 0.3 is 0 Å². The van der Waals surface area contributed by atoms with E-state index in [9.17, 15) is 9.59 Å². The lowest BCUT2D eigenvalue weighted by molar-refractivity contribution is -0.127. The average molecular weight is 247 g/mol. The summed E-state index contributed by atoms with van der Waals surface area (Å²) in [4.78, 5) is 22.9. The van der Waals surface area contributed by atoms with Crippen LogP contribution in [0.4, 0.5) is 0 Å². The first-order valence-corrected chi connectivity index (χ1v) is 6.14. The lowest BCUT2D eigenvalue weighted by Crippen LogP contribution is -2.37. The molecular formula is C14H17NO3. The van der Waals surface area contributed by atoms with Crippen LogP contribution in [0.3, 0.4) is 0 Å². The van der Waals surface area contributed by atoms with Gasteiger partial charge in [0.25, 0.3) is 5.91 Å². The Kier molecular flexibility index (Phi) is 3.65. The molecule has 4 heteroatoms. The van der Waals surface area contributed by atoms with E-state index in [1.54, 1.807) is 31.2 Å². The fourth-order valence-corrected chi connectivity index (χ4v) is 1.59. The van der Waals surface area contributed by atoms with Crippen LogP contribution in [0.1, 0.15) is 37.0 Å². The third-order valence-electron chi connectivity index (χ3n) is 2.85. The van der Waals surface area contributed by atoms with Crippen molar-refractivity contribution in [3.63, 3.8) is 0 Å². The Morgan fingerprint density at radius 1 is 1.39 bits per heavy atom. The van der Waals surface area contributed by atoms with Crippen LogP contribution in [-0.4, -0.2) is 23.8 Å². The molecule has 96 valence electrons. The van der Waals surface area contributed by atoms with Gasteiger partial charge in [-0.05, 0) is 38.8 Å². The molecule has 0 aliphatic heterocycles. The number of ketones is 1. The monoisotopic (exact) mass is 247 g/mol. The number of rotatable bonds is 5. The molecule has 18 heavy (non-hydrogen) atoms. The second-order valence-electron chi connectivity index (χ2n) is 4.63. The molecule has 0 saturated heterocycles. The van der Waals surface area contributed by atoms with Crippen molar-refractivity contribution < 1.29 is 14.3 Å². The van der Waals surface area contributed by atoms with Crippen molar-refractivity contribution in [1.82, 2.24) is 5.32 Å². The lowest BCUT2D eigenvalue weighted by Gasteiger charge is -2.14. The highest BCUT2D eigenvalue weighted by atomic mass is 16.5. The molecule has 0 bridgehead atoms. The SMILES string of the molecule is CC(=O)c1cccc(O[C@@H](C)C(=O)NC2CC2)c1. The molecule has 1 aromatic rings. The summed E-state index contributed by atoms with van der Waals surface area (Å²) in [5.41, 5.74) is 0.585.